The molecule has 0 fully saturated rings. The summed E-state index contributed by atoms with van der Waals surface area (Å²) in [6.45, 7) is 1.57. The Morgan fingerprint density at radius 3 is 2.43 bits per heavy atom. The fourth-order valence-corrected chi connectivity index (χ4v) is 2.66. The number of carbonyl (C=O) groups is 1. The average Bonchev–Trinajstić information content (AvgIpc) is 2.48. The molecule has 0 unspecified atom stereocenters. The van der Waals surface area contributed by atoms with Crippen molar-refractivity contribution in [2.75, 3.05) is 5.75 Å². The minimum atomic E-state index is -0.989. The van der Waals surface area contributed by atoms with Crippen LogP contribution in [0.4, 0.5) is 17.6 Å². The van der Waals surface area contributed by atoms with E-state index < -0.39 is 35.2 Å². The van der Waals surface area contributed by atoms with E-state index in [0.29, 0.717) is 4.90 Å². The summed E-state index contributed by atoms with van der Waals surface area (Å²) in [5, 5.41) is 2.56. The molecule has 1 atom stereocenters. The third kappa shape index (κ3) is 4.72. The Labute approximate surface area is 134 Å². The van der Waals surface area contributed by atoms with Crippen LogP contribution in [0.5, 0.6) is 0 Å². The van der Waals surface area contributed by atoms with Crippen LogP contribution in [0.15, 0.2) is 41.3 Å². The third-order valence-electron chi connectivity index (χ3n) is 3.07. The fraction of sp³-hybridized carbons (Fsp3) is 0.188. The van der Waals surface area contributed by atoms with Crippen molar-refractivity contribution in [3.8, 4) is 0 Å². The number of thioether (sulfide) groups is 1. The molecule has 0 aliphatic rings. The zero-order valence-electron chi connectivity index (χ0n) is 12.1. The Morgan fingerprint density at radius 1 is 1.04 bits per heavy atom. The van der Waals surface area contributed by atoms with Crippen LogP contribution < -0.4 is 5.32 Å². The average molecular weight is 343 g/mol. The normalized spacial score (nSPS) is 12.0. The van der Waals surface area contributed by atoms with Crippen LogP contribution in [-0.4, -0.2) is 11.7 Å². The van der Waals surface area contributed by atoms with Gasteiger partial charge in [-0.05, 0) is 31.2 Å². The van der Waals surface area contributed by atoms with Gasteiger partial charge < -0.3 is 5.32 Å². The smallest absolute Gasteiger partial charge is 0.230 e. The van der Waals surface area contributed by atoms with E-state index in [4.69, 9.17) is 0 Å². The molecule has 0 heterocycles. The highest BCUT2D eigenvalue weighted by Crippen LogP contribution is 2.21. The predicted octanol–water partition coefficient (Wildman–Crippen LogP) is 4.21. The highest BCUT2D eigenvalue weighted by Gasteiger charge is 2.14. The number of hydrogen-bond acceptors (Lipinski definition) is 2. The lowest BCUT2D eigenvalue weighted by atomic mass is 10.1. The number of rotatable bonds is 5. The van der Waals surface area contributed by atoms with Crippen molar-refractivity contribution in [2.45, 2.75) is 17.9 Å². The number of benzene rings is 2. The first-order valence-electron chi connectivity index (χ1n) is 6.69. The monoisotopic (exact) mass is 343 g/mol. The molecule has 23 heavy (non-hydrogen) atoms. The summed E-state index contributed by atoms with van der Waals surface area (Å²) < 4.78 is 52.3. The molecule has 1 amide bonds. The van der Waals surface area contributed by atoms with Crippen molar-refractivity contribution in [1.29, 1.82) is 0 Å². The highest BCUT2D eigenvalue weighted by atomic mass is 32.2. The molecular weight excluding hydrogens is 330 g/mol. The molecule has 1 N–H and O–H groups in total. The summed E-state index contributed by atoms with van der Waals surface area (Å²) in [4.78, 5) is 12.2. The largest absolute Gasteiger partial charge is 0.349 e. The zero-order chi connectivity index (χ0) is 17.0. The van der Waals surface area contributed by atoms with E-state index in [0.717, 1.165) is 36.0 Å². The summed E-state index contributed by atoms with van der Waals surface area (Å²) in [5.74, 6) is -3.84. The van der Waals surface area contributed by atoms with Crippen LogP contribution in [0.25, 0.3) is 0 Å². The molecule has 0 spiro atoms. The maximum absolute atomic E-state index is 13.6. The van der Waals surface area contributed by atoms with Gasteiger partial charge in [0.15, 0.2) is 11.6 Å². The van der Waals surface area contributed by atoms with E-state index >= 15 is 0 Å². The molecular formula is C16H13F4NOS. The zero-order valence-corrected chi connectivity index (χ0v) is 12.9. The van der Waals surface area contributed by atoms with E-state index in [2.05, 4.69) is 5.32 Å². The number of nitrogens with one attached hydrogen (secondary N) is 1. The lowest BCUT2D eigenvalue weighted by Crippen LogP contribution is -2.28. The second-order valence-electron chi connectivity index (χ2n) is 4.82. The summed E-state index contributed by atoms with van der Waals surface area (Å²) in [5.41, 5.74) is 0.164. The highest BCUT2D eigenvalue weighted by molar-refractivity contribution is 8.00. The first-order chi connectivity index (χ1) is 10.9. The first kappa shape index (κ1) is 17.3. The van der Waals surface area contributed by atoms with Gasteiger partial charge in [0.1, 0.15) is 11.6 Å². The standard InChI is InChI=1S/C16H13F4NOS/c1-9(12-4-2-10(17)6-14(12)19)21-16(22)8-23-11-3-5-13(18)15(20)7-11/h2-7,9H,8H2,1H3,(H,21,22)/t9-/m0/s1. The lowest BCUT2D eigenvalue weighted by molar-refractivity contribution is -0.119. The molecule has 0 bridgehead atoms. The van der Waals surface area contributed by atoms with Crippen LogP contribution >= 0.6 is 11.8 Å². The van der Waals surface area contributed by atoms with E-state index in [9.17, 15) is 22.4 Å². The Hall–Kier alpha value is -2.02. The molecule has 2 nitrogen and oxygen atoms in total. The van der Waals surface area contributed by atoms with Gasteiger partial charge in [-0.15, -0.1) is 11.8 Å². The molecule has 0 aromatic heterocycles. The van der Waals surface area contributed by atoms with Gasteiger partial charge in [0, 0.05) is 16.5 Å². The number of carbonyl (C=O) groups excluding carboxylic acids is 1. The van der Waals surface area contributed by atoms with Gasteiger partial charge in [-0.25, -0.2) is 17.6 Å². The van der Waals surface area contributed by atoms with E-state index in [1.165, 1.54) is 12.1 Å². The van der Waals surface area contributed by atoms with Crippen molar-refractivity contribution < 1.29 is 22.4 Å². The van der Waals surface area contributed by atoms with Crippen molar-refractivity contribution >= 4 is 17.7 Å². The summed E-state index contributed by atoms with van der Waals surface area (Å²) in [6.07, 6.45) is 0. The van der Waals surface area contributed by atoms with Crippen LogP contribution in [0, 0.1) is 23.3 Å². The van der Waals surface area contributed by atoms with Crippen LogP contribution in [-0.2, 0) is 4.79 Å². The molecule has 0 aliphatic heterocycles. The minimum absolute atomic E-state index is 0.0434. The molecule has 2 aromatic rings. The minimum Gasteiger partial charge on any atom is -0.349 e. The van der Waals surface area contributed by atoms with Gasteiger partial charge in [0.05, 0.1) is 11.8 Å². The first-order valence-corrected chi connectivity index (χ1v) is 7.67. The van der Waals surface area contributed by atoms with E-state index in [-0.39, 0.29) is 11.3 Å². The number of halogens is 4. The van der Waals surface area contributed by atoms with Crippen molar-refractivity contribution in [3.05, 3.63) is 65.2 Å². The number of amides is 1. The van der Waals surface area contributed by atoms with Crippen molar-refractivity contribution in [1.82, 2.24) is 5.32 Å². The van der Waals surface area contributed by atoms with Crippen molar-refractivity contribution in [2.24, 2.45) is 0 Å². The molecule has 0 radical (unpaired) electrons. The van der Waals surface area contributed by atoms with E-state index in [1.807, 2.05) is 0 Å². The van der Waals surface area contributed by atoms with Gasteiger partial charge in [-0.1, -0.05) is 6.07 Å². The molecule has 0 saturated heterocycles. The maximum atomic E-state index is 13.6. The number of hydrogen-bond donors (Lipinski definition) is 1. The summed E-state index contributed by atoms with van der Waals surface area (Å²) >= 11 is 1.02. The van der Waals surface area contributed by atoms with Crippen LogP contribution in [0.1, 0.15) is 18.5 Å². The third-order valence-corrected chi connectivity index (χ3v) is 4.06. The van der Waals surface area contributed by atoms with Gasteiger partial charge in [-0.2, -0.15) is 0 Å². The Bertz CT molecular complexity index is 723. The molecule has 0 aliphatic carbocycles. The summed E-state index contributed by atoms with van der Waals surface area (Å²) in [6, 6.07) is 5.80. The Morgan fingerprint density at radius 2 is 1.78 bits per heavy atom. The topological polar surface area (TPSA) is 29.1 Å². The quantitative estimate of drug-likeness (QED) is 0.651. The maximum Gasteiger partial charge on any atom is 0.230 e. The summed E-state index contributed by atoms with van der Waals surface area (Å²) in [7, 11) is 0. The van der Waals surface area contributed by atoms with E-state index in [1.54, 1.807) is 6.92 Å². The molecule has 2 rings (SSSR count). The SMILES string of the molecule is C[C@H](NC(=O)CSc1ccc(F)c(F)c1)c1ccc(F)cc1F. The van der Waals surface area contributed by atoms with Gasteiger partial charge in [0.2, 0.25) is 5.91 Å². The van der Waals surface area contributed by atoms with Gasteiger partial charge in [-0.3, -0.25) is 4.79 Å². The molecule has 2 aromatic carbocycles. The molecule has 0 saturated carbocycles. The van der Waals surface area contributed by atoms with Crippen molar-refractivity contribution in [3.63, 3.8) is 0 Å². The second-order valence-corrected chi connectivity index (χ2v) is 5.87. The van der Waals surface area contributed by atoms with Crippen LogP contribution in [0.2, 0.25) is 0 Å². The lowest BCUT2D eigenvalue weighted by Gasteiger charge is -2.15. The second kappa shape index (κ2) is 7.50. The predicted molar refractivity (Wildman–Crippen MR) is 80.0 cm³/mol. The van der Waals surface area contributed by atoms with Gasteiger partial charge >= 0.3 is 0 Å². The molecule has 7 heteroatoms. The van der Waals surface area contributed by atoms with Crippen LogP contribution in [0.3, 0.4) is 0 Å². The fourth-order valence-electron chi connectivity index (χ4n) is 1.93. The Balaban J connectivity index is 1.92. The van der Waals surface area contributed by atoms with Gasteiger partial charge in [0.25, 0.3) is 0 Å². The Kier molecular flexibility index (Phi) is 5.65. The molecule has 122 valence electrons.